The monoisotopic (exact) mass is 561 g/mol. The molecule has 1 aromatic heterocycles. The van der Waals surface area contributed by atoms with Gasteiger partial charge in [0.1, 0.15) is 16.3 Å². The maximum atomic E-state index is 13.3. The van der Waals surface area contributed by atoms with E-state index in [9.17, 15) is 9.59 Å². The van der Waals surface area contributed by atoms with Gasteiger partial charge >= 0.3 is 5.97 Å². The summed E-state index contributed by atoms with van der Waals surface area (Å²) >= 11 is 13.6. The van der Waals surface area contributed by atoms with Gasteiger partial charge in [-0.15, -0.1) is 11.3 Å². The lowest BCUT2D eigenvalue weighted by Gasteiger charge is -2.19. The lowest BCUT2D eigenvalue weighted by molar-refractivity contribution is -0.122. The fraction of sp³-hybridized carbons (Fsp3) is 0.379. The Balaban J connectivity index is 1.97. The predicted octanol–water partition coefficient (Wildman–Crippen LogP) is 8.69. The molecule has 1 atom stereocenters. The van der Waals surface area contributed by atoms with Crippen molar-refractivity contribution in [2.75, 3.05) is 11.9 Å². The molecule has 5 nitrogen and oxygen atoms in total. The zero-order valence-corrected chi connectivity index (χ0v) is 24.4. The fourth-order valence-electron chi connectivity index (χ4n) is 3.81. The van der Waals surface area contributed by atoms with Gasteiger partial charge < -0.3 is 14.8 Å². The highest BCUT2D eigenvalue weighted by Crippen LogP contribution is 2.41. The second-order valence-corrected chi connectivity index (χ2v) is 11.8. The van der Waals surface area contributed by atoms with E-state index in [2.05, 4.69) is 38.2 Å². The van der Waals surface area contributed by atoms with Crippen LogP contribution in [0.4, 0.5) is 5.00 Å². The van der Waals surface area contributed by atoms with Crippen LogP contribution in [0.1, 0.15) is 68.3 Å². The minimum atomic E-state index is -0.840. The minimum absolute atomic E-state index is 0.00524. The van der Waals surface area contributed by atoms with Crippen LogP contribution in [0.5, 0.6) is 5.75 Å². The second-order valence-electron chi connectivity index (χ2n) is 9.78. The van der Waals surface area contributed by atoms with E-state index in [0.29, 0.717) is 39.2 Å². The summed E-state index contributed by atoms with van der Waals surface area (Å²) in [5.74, 6) is -0.539. The first-order chi connectivity index (χ1) is 17.5. The third-order valence-electron chi connectivity index (χ3n) is 5.83. The van der Waals surface area contributed by atoms with Crippen molar-refractivity contribution in [2.24, 2.45) is 0 Å². The zero-order valence-electron chi connectivity index (χ0n) is 22.0. The van der Waals surface area contributed by atoms with Crippen molar-refractivity contribution in [1.29, 1.82) is 0 Å². The highest BCUT2D eigenvalue weighted by Gasteiger charge is 2.28. The molecule has 198 valence electrons. The Labute approximate surface area is 233 Å². The number of amides is 1. The van der Waals surface area contributed by atoms with Gasteiger partial charge in [0.2, 0.25) is 0 Å². The molecule has 2 aromatic carbocycles. The third-order valence-corrected chi connectivity index (χ3v) is 7.40. The molecule has 37 heavy (non-hydrogen) atoms. The molecular formula is C29H33Cl2NO4S. The smallest absolute Gasteiger partial charge is 0.341 e. The number of thiophene rings is 1. The Morgan fingerprint density at radius 2 is 1.73 bits per heavy atom. The van der Waals surface area contributed by atoms with Gasteiger partial charge in [-0.05, 0) is 48.4 Å². The summed E-state index contributed by atoms with van der Waals surface area (Å²) in [6.07, 6.45) is 0.237. The molecule has 0 spiro atoms. The van der Waals surface area contributed by atoms with Gasteiger partial charge in [-0.1, -0.05) is 82.1 Å². The molecule has 3 rings (SSSR count). The van der Waals surface area contributed by atoms with Crippen molar-refractivity contribution >= 4 is 51.4 Å². The summed E-state index contributed by atoms with van der Waals surface area (Å²) in [7, 11) is 0. The number of esters is 1. The van der Waals surface area contributed by atoms with Crippen LogP contribution < -0.4 is 10.1 Å². The molecule has 1 N–H and O–H groups in total. The Hall–Kier alpha value is -2.54. The Kier molecular flexibility index (Phi) is 9.68. The van der Waals surface area contributed by atoms with Crippen LogP contribution in [-0.2, 0) is 14.9 Å². The Bertz CT molecular complexity index is 1260. The molecule has 0 aliphatic carbocycles. The maximum absolute atomic E-state index is 13.3. The summed E-state index contributed by atoms with van der Waals surface area (Å²) in [6, 6.07) is 13.0. The summed E-state index contributed by atoms with van der Waals surface area (Å²) < 4.78 is 11.4. The Morgan fingerprint density at radius 1 is 1.05 bits per heavy atom. The van der Waals surface area contributed by atoms with Gasteiger partial charge in [0, 0.05) is 21.5 Å². The van der Waals surface area contributed by atoms with Crippen molar-refractivity contribution in [3.05, 3.63) is 68.5 Å². The van der Waals surface area contributed by atoms with Crippen molar-refractivity contribution in [2.45, 2.75) is 65.9 Å². The minimum Gasteiger partial charge on any atom is -0.479 e. The highest BCUT2D eigenvalue weighted by molar-refractivity contribution is 7.17. The van der Waals surface area contributed by atoms with E-state index in [4.69, 9.17) is 32.7 Å². The van der Waals surface area contributed by atoms with Crippen molar-refractivity contribution in [3.63, 3.8) is 0 Å². The summed E-state index contributed by atoms with van der Waals surface area (Å²) in [5.41, 5.74) is 3.19. The highest BCUT2D eigenvalue weighted by atomic mass is 35.5. The molecule has 0 saturated heterocycles. The number of hydrogen-bond donors (Lipinski definition) is 1. The van der Waals surface area contributed by atoms with E-state index in [0.717, 1.165) is 16.0 Å². The van der Waals surface area contributed by atoms with Gasteiger partial charge in [-0.25, -0.2) is 4.79 Å². The number of hydrogen-bond acceptors (Lipinski definition) is 5. The van der Waals surface area contributed by atoms with Crippen molar-refractivity contribution < 1.29 is 19.1 Å². The number of ether oxygens (including phenoxy) is 2. The number of rotatable bonds is 9. The first kappa shape index (κ1) is 29.0. The SMILES string of the molecule is CCCOC(=O)c1c(NC(=O)[C@@H](CC)Oc2cc(Cl)ccc2Cl)sc(C)c1-c1ccc(C(C)(C)C)cc1. The molecule has 0 radical (unpaired) electrons. The number of aryl methyl sites for hydroxylation is 1. The van der Waals surface area contributed by atoms with Gasteiger partial charge in [0.05, 0.1) is 11.6 Å². The van der Waals surface area contributed by atoms with Crippen LogP contribution >= 0.6 is 34.5 Å². The number of carbonyl (C=O) groups excluding carboxylic acids is 2. The standard InChI is InChI=1S/C29H33Cl2NO4S/c1-7-15-35-28(34)25-24(18-9-11-19(12-10-18)29(4,5)6)17(3)37-27(25)32-26(33)22(8-2)36-23-16-20(30)13-14-21(23)31/h9-14,16,22H,7-8,15H2,1-6H3,(H,32,33)/t22-/m1/s1. The van der Waals surface area contributed by atoms with Gasteiger partial charge in [0.25, 0.3) is 5.91 Å². The van der Waals surface area contributed by atoms with E-state index in [1.165, 1.54) is 16.9 Å². The van der Waals surface area contributed by atoms with E-state index in [-0.39, 0.29) is 17.9 Å². The number of anilines is 1. The molecule has 1 heterocycles. The van der Waals surface area contributed by atoms with Crippen LogP contribution in [0.2, 0.25) is 10.0 Å². The molecule has 0 aliphatic rings. The van der Waals surface area contributed by atoms with Crippen LogP contribution in [0.3, 0.4) is 0 Å². The first-order valence-corrected chi connectivity index (χ1v) is 13.9. The number of carbonyl (C=O) groups is 2. The second kappa shape index (κ2) is 12.3. The lowest BCUT2D eigenvalue weighted by atomic mass is 9.86. The molecule has 3 aromatic rings. The van der Waals surface area contributed by atoms with Crippen LogP contribution in [0, 0.1) is 6.92 Å². The molecule has 0 aliphatic heterocycles. The van der Waals surface area contributed by atoms with Gasteiger partial charge in [0.15, 0.2) is 6.10 Å². The number of benzene rings is 2. The molecule has 0 fully saturated rings. The van der Waals surface area contributed by atoms with E-state index in [1.807, 2.05) is 32.9 Å². The molecule has 0 unspecified atom stereocenters. The van der Waals surface area contributed by atoms with E-state index in [1.54, 1.807) is 18.2 Å². The average Bonchev–Trinajstić information content (AvgIpc) is 3.17. The summed E-state index contributed by atoms with van der Waals surface area (Å²) in [4.78, 5) is 27.4. The fourth-order valence-corrected chi connectivity index (χ4v) is 5.21. The number of halogens is 2. The number of nitrogens with one attached hydrogen (secondary N) is 1. The predicted molar refractivity (Wildman–Crippen MR) is 154 cm³/mol. The van der Waals surface area contributed by atoms with Crippen LogP contribution in [0.25, 0.3) is 11.1 Å². The van der Waals surface area contributed by atoms with Crippen LogP contribution in [-0.4, -0.2) is 24.6 Å². The first-order valence-electron chi connectivity index (χ1n) is 12.3. The molecule has 0 bridgehead atoms. The quantitative estimate of drug-likeness (QED) is 0.265. The Morgan fingerprint density at radius 3 is 2.32 bits per heavy atom. The molecule has 8 heteroatoms. The molecule has 0 saturated carbocycles. The lowest BCUT2D eigenvalue weighted by Crippen LogP contribution is -2.32. The maximum Gasteiger partial charge on any atom is 0.341 e. The summed E-state index contributed by atoms with van der Waals surface area (Å²) in [5, 5.41) is 4.15. The third kappa shape index (κ3) is 7.07. The topological polar surface area (TPSA) is 64.6 Å². The normalized spacial score (nSPS) is 12.2. The average molecular weight is 563 g/mol. The molecular weight excluding hydrogens is 529 g/mol. The largest absolute Gasteiger partial charge is 0.479 e. The molecule has 1 amide bonds. The van der Waals surface area contributed by atoms with Crippen molar-refractivity contribution in [3.8, 4) is 16.9 Å². The summed E-state index contributed by atoms with van der Waals surface area (Å²) in [6.45, 7) is 12.5. The van der Waals surface area contributed by atoms with E-state index < -0.39 is 12.1 Å². The zero-order chi connectivity index (χ0) is 27.3. The van der Waals surface area contributed by atoms with Gasteiger partial charge in [-0.2, -0.15) is 0 Å². The van der Waals surface area contributed by atoms with Gasteiger partial charge in [-0.3, -0.25) is 4.79 Å². The van der Waals surface area contributed by atoms with Crippen LogP contribution in [0.15, 0.2) is 42.5 Å². The van der Waals surface area contributed by atoms with Crippen molar-refractivity contribution in [1.82, 2.24) is 0 Å². The van der Waals surface area contributed by atoms with E-state index >= 15 is 0 Å².